The van der Waals surface area contributed by atoms with Gasteiger partial charge in [-0.2, -0.15) is 0 Å². The molecule has 0 atom stereocenters. The van der Waals surface area contributed by atoms with Crippen molar-refractivity contribution in [3.63, 3.8) is 0 Å². The molecule has 0 amide bonds. The van der Waals surface area contributed by atoms with Gasteiger partial charge >= 0.3 is 0 Å². The first-order valence-electron chi connectivity index (χ1n) is 7.54. The van der Waals surface area contributed by atoms with Crippen molar-refractivity contribution in [1.29, 1.82) is 0 Å². The van der Waals surface area contributed by atoms with Gasteiger partial charge in [-0.15, -0.1) is 0 Å². The van der Waals surface area contributed by atoms with Crippen LogP contribution >= 0.6 is 0 Å². The van der Waals surface area contributed by atoms with Crippen molar-refractivity contribution >= 4 is 0 Å². The van der Waals surface area contributed by atoms with Gasteiger partial charge in [-0.25, -0.2) is 0 Å². The second-order valence-electron chi connectivity index (χ2n) is 5.76. The number of nitrogens with zero attached hydrogens (tertiary/aromatic N) is 1. The average Bonchev–Trinajstić information content (AvgIpc) is 2.53. The monoisotopic (exact) mass is 264 g/mol. The molecule has 2 aromatic carbocycles. The van der Waals surface area contributed by atoms with Crippen molar-refractivity contribution in [2.24, 2.45) is 0 Å². The zero-order chi connectivity index (χ0) is 13.4. The van der Waals surface area contributed by atoms with E-state index in [1.165, 1.54) is 22.3 Å². The molecule has 1 fully saturated rings. The third kappa shape index (κ3) is 1.96. The summed E-state index contributed by atoms with van der Waals surface area (Å²) in [5.74, 6) is 0. The van der Waals surface area contributed by atoms with Crippen molar-refractivity contribution in [2.45, 2.75) is 12.5 Å². The maximum Gasteiger partial charge on any atom is 0.0608 e. The van der Waals surface area contributed by atoms with Crippen LogP contribution in [0.25, 0.3) is 0 Å². The molecule has 4 rings (SSSR count). The Kier molecular flexibility index (Phi) is 3.06. The molecule has 0 saturated carbocycles. The second kappa shape index (κ2) is 5.04. The number of hydrogen-bond donors (Lipinski definition) is 1. The van der Waals surface area contributed by atoms with Gasteiger partial charge in [0.1, 0.15) is 0 Å². The van der Waals surface area contributed by atoms with Gasteiger partial charge in [-0.3, -0.25) is 4.90 Å². The maximum absolute atomic E-state index is 3.46. The molecule has 1 aliphatic heterocycles. The molecule has 20 heavy (non-hydrogen) atoms. The number of nitrogens with one attached hydrogen (secondary N) is 1. The van der Waals surface area contributed by atoms with Crippen LogP contribution in [0.4, 0.5) is 0 Å². The van der Waals surface area contributed by atoms with Crippen molar-refractivity contribution < 1.29 is 0 Å². The van der Waals surface area contributed by atoms with Crippen LogP contribution in [0.5, 0.6) is 0 Å². The smallest absolute Gasteiger partial charge is 0.0608 e. The lowest BCUT2D eigenvalue weighted by atomic mass is 9.81. The lowest BCUT2D eigenvalue weighted by Crippen LogP contribution is -2.46. The first-order valence-corrected chi connectivity index (χ1v) is 7.54. The van der Waals surface area contributed by atoms with Gasteiger partial charge in [0, 0.05) is 26.2 Å². The summed E-state index contributed by atoms with van der Waals surface area (Å²) in [5, 5.41) is 3.46. The summed E-state index contributed by atoms with van der Waals surface area (Å²) >= 11 is 0. The topological polar surface area (TPSA) is 15.3 Å². The highest BCUT2D eigenvalue weighted by Crippen LogP contribution is 2.38. The van der Waals surface area contributed by atoms with Crippen LogP contribution in [0.2, 0.25) is 0 Å². The Morgan fingerprint density at radius 2 is 1.35 bits per heavy atom. The summed E-state index contributed by atoms with van der Waals surface area (Å²) in [6.07, 6.45) is 1.08. The van der Waals surface area contributed by atoms with Gasteiger partial charge < -0.3 is 5.32 Å². The Bertz CT molecular complexity index is 569. The standard InChI is InChI=1S/C18H20N2/c1-3-7-16-14(5-1)13-15-6-2-4-8-17(15)18(16)20-11-9-19-10-12-20/h1-8,18-19H,9-13H2. The Morgan fingerprint density at radius 3 is 1.95 bits per heavy atom. The molecule has 2 aliphatic rings. The van der Waals surface area contributed by atoms with Gasteiger partial charge in [-0.1, -0.05) is 48.5 Å². The minimum atomic E-state index is 0.443. The second-order valence-corrected chi connectivity index (χ2v) is 5.76. The van der Waals surface area contributed by atoms with Crippen molar-refractivity contribution in [1.82, 2.24) is 10.2 Å². The van der Waals surface area contributed by atoms with E-state index in [1.54, 1.807) is 0 Å². The number of piperazine rings is 1. The fourth-order valence-electron chi connectivity index (χ4n) is 3.63. The van der Waals surface area contributed by atoms with Crippen LogP contribution in [0, 0.1) is 0 Å². The predicted molar refractivity (Wildman–Crippen MR) is 82.0 cm³/mol. The maximum atomic E-state index is 3.46. The first-order chi connectivity index (χ1) is 9.93. The van der Waals surface area contributed by atoms with E-state index in [4.69, 9.17) is 0 Å². The van der Waals surface area contributed by atoms with E-state index in [2.05, 4.69) is 58.7 Å². The molecule has 1 heterocycles. The van der Waals surface area contributed by atoms with Crippen LogP contribution in [-0.4, -0.2) is 31.1 Å². The Morgan fingerprint density at radius 1 is 0.800 bits per heavy atom. The highest BCUT2D eigenvalue weighted by molar-refractivity contribution is 5.48. The van der Waals surface area contributed by atoms with Crippen LogP contribution < -0.4 is 5.32 Å². The van der Waals surface area contributed by atoms with Crippen LogP contribution in [0.1, 0.15) is 28.3 Å². The average molecular weight is 264 g/mol. The largest absolute Gasteiger partial charge is 0.314 e. The third-order valence-corrected chi connectivity index (χ3v) is 4.60. The van der Waals surface area contributed by atoms with Crippen molar-refractivity contribution in [3.8, 4) is 0 Å². The minimum Gasteiger partial charge on any atom is -0.314 e. The van der Waals surface area contributed by atoms with E-state index in [0.717, 1.165) is 32.6 Å². The minimum absolute atomic E-state index is 0.443. The molecule has 2 nitrogen and oxygen atoms in total. The van der Waals surface area contributed by atoms with E-state index < -0.39 is 0 Å². The van der Waals surface area contributed by atoms with Gasteiger partial charge in [0.25, 0.3) is 0 Å². The fourth-order valence-corrected chi connectivity index (χ4v) is 3.63. The normalized spacial score (nSPS) is 19.4. The van der Waals surface area contributed by atoms with E-state index in [0.29, 0.717) is 6.04 Å². The molecule has 102 valence electrons. The highest BCUT2D eigenvalue weighted by atomic mass is 15.2. The molecule has 0 bridgehead atoms. The molecule has 0 radical (unpaired) electrons. The molecule has 1 saturated heterocycles. The molecule has 0 unspecified atom stereocenters. The van der Waals surface area contributed by atoms with Crippen LogP contribution in [0.3, 0.4) is 0 Å². The highest BCUT2D eigenvalue weighted by Gasteiger charge is 2.30. The van der Waals surface area contributed by atoms with Gasteiger partial charge in [0.15, 0.2) is 0 Å². The molecular formula is C18H20N2. The number of fused-ring (bicyclic) bond motifs is 2. The van der Waals surface area contributed by atoms with Crippen LogP contribution in [-0.2, 0) is 6.42 Å². The Balaban J connectivity index is 1.83. The number of hydrogen-bond acceptors (Lipinski definition) is 2. The summed E-state index contributed by atoms with van der Waals surface area (Å²) in [5.41, 5.74) is 6.01. The molecule has 0 spiro atoms. The summed E-state index contributed by atoms with van der Waals surface area (Å²) in [6.45, 7) is 4.46. The van der Waals surface area contributed by atoms with Gasteiger partial charge in [0.05, 0.1) is 6.04 Å². The first kappa shape index (κ1) is 12.1. The molecule has 2 aromatic rings. The number of benzene rings is 2. The van der Waals surface area contributed by atoms with Gasteiger partial charge in [0.2, 0.25) is 0 Å². The van der Waals surface area contributed by atoms with Gasteiger partial charge in [-0.05, 0) is 28.7 Å². The fraction of sp³-hybridized carbons (Fsp3) is 0.333. The molecular weight excluding hydrogens is 244 g/mol. The molecule has 1 aliphatic carbocycles. The van der Waals surface area contributed by atoms with Crippen molar-refractivity contribution in [3.05, 3.63) is 70.8 Å². The zero-order valence-electron chi connectivity index (χ0n) is 11.7. The van der Waals surface area contributed by atoms with Crippen molar-refractivity contribution in [2.75, 3.05) is 26.2 Å². The third-order valence-electron chi connectivity index (χ3n) is 4.60. The summed E-state index contributed by atoms with van der Waals surface area (Å²) in [7, 11) is 0. The van der Waals surface area contributed by atoms with E-state index in [-0.39, 0.29) is 0 Å². The zero-order valence-corrected chi connectivity index (χ0v) is 11.7. The van der Waals surface area contributed by atoms with Crippen LogP contribution in [0.15, 0.2) is 48.5 Å². The lowest BCUT2D eigenvalue weighted by molar-refractivity contribution is 0.195. The Labute approximate surface area is 120 Å². The predicted octanol–water partition coefficient (Wildman–Crippen LogP) is 2.59. The summed E-state index contributed by atoms with van der Waals surface area (Å²) in [4.78, 5) is 2.63. The molecule has 0 aromatic heterocycles. The molecule has 2 heteroatoms. The van der Waals surface area contributed by atoms with E-state index in [9.17, 15) is 0 Å². The van der Waals surface area contributed by atoms with E-state index >= 15 is 0 Å². The quantitative estimate of drug-likeness (QED) is 0.851. The summed E-state index contributed by atoms with van der Waals surface area (Å²) < 4.78 is 0. The SMILES string of the molecule is c1ccc2c(c1)Cc1ccccc1C2N1CCNCC1. The molecule has 1 N–H and O–H groups in total. The Hall–Kier alpha value is -1.64. The van der Waals surface area contributed by atoms with E-state index in [1.807, 2.05) is 0 Å². The lowest BCUT2D eigenvalue weighted by Gasteiger charge is -2.39. The summed E-state index contributed by atoms with van der Waals surface area (Å²) in [6, 6.07) is 18.4. The number of rotatable bonds is 1.